The van der Waals surface area contributed by atoms with E-state index >= 15 is 0 Å². The molecule has 1 atom stereocenters. The van der Waals surface area contributed by atoms with Crippen LogP contribution in [0.25, 0.3) is 0 Å². The van der Waals surface area contributed by atoms with Gasteiger partial charge in [0.1, 0.15) is 17.3 Å². The number of amides is 1. The lowest BCUT2D eigenvalue weighted by atomic mass is 10.1. The average Bonchev–Trinajstić information content (AvgIpc) is 2.81. The molecule has 1 aliphatic rings. The Morgan fingerprint density at radius 2 is 2.50 bits per heavy atom. The average molecular weight is 217 g/mol. The number of hydrogen-bond acceptors (Lipinski definition) is 4. The molecule has 16 heavy (non-hydrogen) atoms. The maximum atomic E-state index is 11.7. The highest BCUT2D eigenvalue weighted by atomic mass is 16.5. The van der Waals surface area contributed by atoms with Gasteiger partial charge in [0.05, 0.1) is 0 Å². The molecular formula is C11H11N3O2. The molecule has 1 fully saturated rings. The summed E-state index contributed by atoms with van der Waals surface area (Å²) in [4.78, 5) is 13.2. The fraction of sp³-hybridized carbons (Fsp3) is 0.364. The molecule has 0 N–H and O–H groups in total. The molecule has 0 spiro atoms. The molecular weight excluding hydrogens is 206 g/mol. The zero-order chi connectivity index (χ0) is 11.7. The molecule has 0 saturated carbocycles. The monoisotopic (exact) mass is 217 g/mol. The van der Waals surface area contributed by atoms with Crippen molar-refractivity contribution in [2.75, 3.05) is 11.4 Å². The molecule has 2 heterocycles. The van der Waals surface area contributed by atoms with E-state index in [0.717, 1.165) is 0 Å². The van der Waals surface area contributed by atoms with Crippen molar-refractivity contribution in [1.82, 2.24) is 5.16 Å². The van der Waals surface area contributed by atoms with Gasteiger partial charge in [-0.1, -0.05) is 11.2 Å². The van der Waals surface area contributed by atoms with E-state index in [4.69, 9.17) is 9.78 Å². The van der Waals surface area contributed by atoms with Crippen LogP contribution in [0, 0.1) is 24.2 Å². The lowest BCUT2D eigenvalue weighted by molar-refractivity contribution is -0.117. The Bertz CT molecular complexity index is 484. The lowest BCUT2D eigenvalue weighted by Crippen LogP contribution is -2.24. The number of anilines is 1. The molecule has 2 rings (SSSR count). The molecule has 1 unspecified atom stereocenters. The quantitative estimate of drug-likeness (QED) is 0.702. The zero-order valence-electron chi connectivity index (χ0n) is 8.93. The summed E-state index contributed by atoms with van der Waals surface area (Å²) in [6.07, 6.45) is 2.15. The minimum atomic E-state index is -0.0578. The summed E-state index contributed by atoms with van der Waals surface area (Å²) in [5, 5.41) is 12.6. The molecule has 82 valence electrons. The van der Waals surface area contributed by atoms with Crippen molar-refractivity contribution >= 4 is 11.8 Å². The number of carbonyl (C=O) groups is 1. The number of rotatable bonds is 2. The van der Waals surface area contributed by atoms with E-state index in [2.05, 4.69) is 11.7 Å². The largest absolute Gasteiger partial charge is 0.336 e. The van der Waals surface area contributed by atoms with Gasteiger partial charge in [0.25, 0.3) is 5.88 Å². The fourth-order valence-electron chi connectivity index (χ4n) is 1.76. The summed E-state index contributed by atoms with van der Waals surface area (Å²) in [7, 11) is 0. The van der Waals surface area contributed by atoms with Crippen molar-refractivity contribution in [2.45, 2.75) is 13.3 Å². The number of hydrogen-bond donors (Lipinski definition) is 0. The smallest absolute Gasteiger partial charge is 0.252 e. The molecule has 1 aromatic rings. The minimum absolute atomic E-state index is 0.0578. The van der Waals surface area contributed by atoms with Gasteiger partial charge in [-0.3, -0.25) is 9.69 Å². The summed E-state index contributed by atoms with van der Waals surface area (Å²) >= 11 is 0. The standard InChI is InChI=1S/C11H11N3O2/c1-3-8-4-10(15)14(6-8)11-9(5-12)7(2)13-16-11/h3,8H,1,4,6H2,2H3. The van der Waals surface area contributed by atoms with Crippen LogP contribution in [0.1, 0.15) is 17.7 Å². The van der Waals surface area contributed by atoms with E-state index in [1.54, 1.807) is 13.0 Å². The highest BCUT2D eigenvalue weighted by molar-refractivity contribution is 5.95. The third kappa shape index (κ3) is 1.48. The Kier molecular flexibility index (Phi) is 2.49. The second-order valence-corrected chi connectivity index (χ2v) is 3.76. The second-order valence-electron chi connectivity index (χ2n) is 3.76. The van der Waals surface area contributed by atoms with E-state index in [9.17, 15) is 4.79 Å². The van der Waals surface area contributed by atoms with E-state index in [0.29, 0.717) is 24.2 Å². The molecule has 5 nitrogen and oxygen atoms in total. The minimum Gasteiger partial charge on any atom is -0.336 e. The van der Waals surface area contributed by atoms with Gasteiger partial charge in [-0.25, -0.2) is 0 Å². The predicted molar refractivity (Wildman–Crippen MR) is 56.6 cm³/mol. The normalized spacial score (nSPS) is 19.9. The van der Waals surface area contributed by atoms with E-state index in [1.165, 1.54) is 4.90 Å². The van der Waals surface area contributed by atoms with Crippen LogP contribution in [-0.4, -0.2) is 17.6 Å². The molecule has 1 aliphatic heterocycles. The highest BCUT2D eigenvalue weighted by Gasteiger charge is 2.33. The van der Waals surface area contributed by atoms with Gasteiger partial charge < -0.3 is 4.52 Å². The van der Waals surface area contributed by atoms with Gasteiger partial charge in [0, 0.05) is 18.9 Å². The Hall–Kier alpha value is -2.09. The summed E-state index contributed by atoms with van der Waals surface area (Å²) in [5.41, 5.74) is 0.838. The van der Waals surface area contributed by atoms with E-state index in [-0.39, 0.29) is 17.7 Å². The third-order valence-corrected chi connectivity index (χ3v) is 2.69. The molecule has 5 heteroatoms. The lowest BCUT2D eigenvalue weighted by Gasteiger charge is -2.11. The summed E-state index contributed by atoms with van der Waals surface area (Å²) in [5.74, 6) is 0.316. The molecule has 1 saturated heterocycles. The maximum absolute atomic E-state index is 11.7. The van der Waals surface area contributed by atoms with Crippen molar-refractivity contribution in [3.63, 3.8) is 0 Å². The first-order valence-corrected chi connectivity index (χ1v) is 4.96. The Morgan fingerprint density at radius 3 is 3.06 bits per heavy atom. The molecule has 0 aromatic carbocycles. The van der Waals surface area contributed by atoms with Gasteiger partial charge in [-0.2, -0.15) is 5.26 Å². The molecule has 1 amide bonds. The van der Waals surface area contributed by atoms with Crippen LogP contribution in [0.5, 0.6) is 0 Å². The van der Waals surface area contributed by atoms with Crippen LogP contribution in [-0.2, 0) is 4.79 Å². The molecule has 0 bridgehead atoms. The Balaban J connectivity index is 2.35. The van der Waals surface area contributed by atoms with E-state index in [1.807, 2.05) is 6.07 Å². The fourth-order valence-corrected chi connectivity index (χ4v) is 1.76. The molecule has 1 aromatic heterocycles. The van der Waals surface area contributed by atoms with Crippen molar-refractivity contribution < 1.29 is 9.32 Å². The van der Waals surface area contributed by atoms with Crippen LogP contribution < -0.4 is 4.90 Å². The SMILES string of the molecule is C=CC1CC(=O)N(c2onc(C)c2C#N)C1. The Labute approximate surface area is 92.9 Å². The summed E-state index contributed by atoms with van der Waals surface area (Å²) < 4.78 is 5.03. The van der Waals surface area contributed by atoms with Crippen LogP contribution in [0.15, 0.2) is 17.2 Å². The molecule has 0 radical (unpaired) electrons. The van der Waals surface area contributed by atoms with Crippen molar-refractivity contribution in [3.8, 4) is 6.07 Å². The number of carbonyl (C=O) groups excluding carboxylic acids is 1. The predicted octanol–water partition coefficient (Wildman–Crippen LogP) is 1.39. The van der Waals surface area contributed by atoms with Crippen molar-refractivity contribution in [1.29, 1.82) is 5.26 Å². The number of aryl methyl sites for hydroxylation is 1. The van der Waals surface area contributed by atoms with Crippen LogP contribution in [0.2, 0.25) is 0 Å². The van der Waals surface area contributed by atoms with Crippen LogP contribution >= 0.6 is 0 Å². The Morgan fingerprint density at radius 1 is 1.75 bits per heavy atom. The highest BCUT2D eigenvalue weighted by Crippen LogP contribution is 2.29. The summed E-state index contributed by atoms with van der Waals surface area (Å²) in [6.45, 7) is 5.85. The first-order valence-electron chi connectivity index (χ1n) is 4.96. The number of nitrogens with zero attached hydrogens (tertiary/aromatic N) is 3. The van der Waals surface area contributed by atoms with Gasteiger partial charge in [0.2, 0.25) is 5.91 Å². The van der Waals surface area contributed by atoms with Gasteiger partial charge in [-0.05, 0) is 6.92 Å². The van der Waals surface area contributed by atoms with Crippen molar-refractivity contribution in [3.05, 3.63) is 23.9 Å². The third-order valence-electron chi connectivity index (χ3n) is 2.69. The van der Waals surface area contributed by atoms with Gasteiger partial charge in [0.15, 0.2) is 0 Å². The number of nitriles is 1. The van der Waals surface area contributed by atoms with Crippen molar-refractivity contribution in [2.24, 2.45) is 5.92 Å². The second kappa shape index (κ2) is 3.81. The maximum Gasteiger partial charge on any atom is 0.252 e. The molecule has 0 aliphatic carbocycles. The first-order chi connectivity index (χ1) is 7.67. The topological polar surface area (TPSA) is 70.1 Å². The number of aromatic nitrogens is 1. The van der Waals surface area contributed by atoms with Gasteiger partial charge >= 0.3 is 0 Å². The van der Waals surface area contributed by atoms with E-state index < -0.39 is 0 Å². The first kappa shape index (κ1) is 10.4. The van der Waals surface area contributed by atoms with Crippen LogP contribution in [0.3, 0.4) is 0 Å². The zero-order valence-corrected chi connectivity index (χ0v) is 8.93. The van der Waals surface area contributed by atoms with Crippen LogP contribution in [0.4, 0.5) is 5.88 Å². The van der Waals surface area contributed by atoms with Gasteiger partial charge in [-0.15, -0.1) is 6.58 Å². The summed E-state index contributed by atoms with van der Waals surface area (Å²) in [6, 6.07) is 2.00.